The number of nitrogens with two attached hydrogens (primary N) is 1. The topological polar surface area (TPSA) is 46.3 Å². The van der Waals surface area contributed by atoms with Crippen molar-refractivity contribution in [1.82, 2.24) is 4.90 Å². The van der Waals surface area contributed by atoms with Crippen LogP contribution in [0.25, 0.3) is 0 Å². The van der Waals surface area contributed by atoms with Crippen molar-refractivity contribution in [2.24, 2.45) is 5.73 Å². The SMILES string of the molecule is NC(=S)CCN(C(=O)c1cc(Br)ccc1Br)C1CC1. The molecule has 0 heterocycles. The molecule has 0 bridgehead atoms. The minimum Gasteiger partial charge on any atom is -0.393 e. The molecule has 1 aromatic carbocycles. The smallest absolute Gasteiger partial charge is 0.255 e. The van der Waals surface area contributed by atoms with Crippen molar-refractivity contribution < 1.29 is 4.79 Å². The van der Waals surface area contributed by atoms with Crippen LogP contribution < -0.4 is 5.73 Å². The van der Waals surface area contributed by atoms with Gasteiger partial charge in [0.1, 0.15) is 0 Å². The van der Waals surface area contributed by atoms with Gasteiger partial charge in [-0.05, 0) is 47.0 Å². The molecule has 19 heavy (non-hydrogen) atoms. The Morgan fingerprint density at radius 2 is 2.11 bits per heavy atom. The summed E-state index contributed by atoms with van der Waals surface area (Å²) in [5, 5.41) is 0. The number of thiocarbonyl (C=S) groups is 1. The maximum absolute atomic E-state index is 12.6. The van der Waals surface area contributed by atoms with Crippen LogP contribution >= 0.6 is 44.1 Å². The molecule has 0 aliphatic heterocycles. The Hall–Kier alpha value is -0.460. The predicted molar refractivity (Wildman–Crippen MR) is 87.3 cm³/mol. The third kappa shape index (κ3) is 4.00. The lowest BCUT2D eigenvalue weighted by Crippen LogP contribution is -2.35. The molecule has 2 rings (SSSR count). The van der Waals surface area contributed by atoms with E-state index in [0.717, 1.165) is 21.8 Å². The molecule has 0 spiro atoms. The first-order valence-corrected chi connectivity index (χ1v) is 8.03. The molecule has 0 saturated heterocycles. The van der Waals surface area contributed by atoms with E-state index in [0.29, 0.717) is 29.6 Å². The van der Waals surface area contributed by atoms with Gasteiger partial charge in [0.2, 0.25) is 0 Å². The van der Waals surface area contributed by atoms with Crippen LogP contribution in [0.3, 0.4) is 0 Å². The minimum absolute atomic E-state index is 0.0342. The van der Waals surface area contributed by atoms with Gasteiger partial charge >= 0.3 is 0 Å². The first-order chi connectivity index (χ1) is 8.99. The summed E-state index contributed by atoms with van der Waals surface area (Å²) in [6, 6.07) is 5.95. The highest BCUT2D eigenvalue weighted by Crippen LogP contribution is 2.30. The van der Waals surface area contributed by atoms with E-state index in [1.807, 2.05) is 23.1 Å². The maximum Gasteiger partial charge on any atom is 0.255 e. The molecule has 0 aromatic heterocycles. The standard InChI is InChI=1S/C13H14Br2N2OS/c14-8-1-4-11(15)10(7-8)13(18)17(9-2-3-9)6-5-12(16)19/h1,4,7,9H,2-3,5-6H2,(H2,16,19). The summed E-state index contributed by atoms with van der Waals surface area (Å²) in [7, 11) is 0. The van der Waals surface area contributed by atoms with Crippen molar-refractivity contribution in [3.05, 3.63) is 32.7 Å². The summed E-state index contributed by atoms with van der Waals surface area (Å²) in [5.74, 6) is 0.0342. The second kappa shape index (κ2) is 6.33. The average Bonchev–Trinajstić information content (AvgIpc) is 3.16. The largest absolute Gasteiger partial charge is 0.393 e. The predicted octanol–water partition coefficient (Wildman–Crippen LogP) is 3.49. The molecular formula is C13H14Br2N2OS. The maximum atomic E-state index is 12.6. The minimum atomic E-state index is 0.0342. The van der Waals surface area contributed by atoms with Crippen LogP contribution in [0.2, 0.25) is 0 Å². The molecule has 6 heteroatoms. The van der Waals surface area contributed by atoms with Crippen molar-refractivity contribution in [3.8, 4) is 0 Å². The first kappa shape index (κ1) is 14.9. The Morgan fingerprint density at radius 1 is 1.42 bits per heavy atom. The van der Waals surface area contributed by atoms with Gasteiger partial charge in [-0.3, -0.25) is 4.79 Å². The molecule has 0 radical (unpaired) electrons. The number of carbonyl (C=O) groups excluding carboxylic acids is 1. The van der Waals surface area contributed by atoms with E-state index in [-0.39, 0.29) is 5.91 Å². The molecule has 0 unspecified atom stereocenters. The van der Waals surface area contributed by atoms with Gasteiger partial charge in [0.15, 0.2) is 0 Å². The summed E-state index contributed by atoms with van der Waals surface area (Å²) in [4.78, 5) is 14.9. The number of nitrogens with zero attached hydrogens (tertiary/aromatic N) is 1. The zero-order valence-electron chi connectivity index (χ0n) is 10.2. The molecule has 3 nitrogen and oxygen atoms in total. The normalized spacial score (nSPS) is 14.2. The van der Waals surface area contributed by atoms with Gasteiger partial charge in [-0.15, -0.1) is 0 Å². The van der Waals surface area contributed by atoms with Crippen LogP contribution in [0, 0.1) is 0 Å². The van der Waals surface area contributed by atoms with E-state index >= 15 is 0 Å². The van der Waals surface area contributed by atoms with E-state index in [4.69, 9.17) is 18.0 Å². The van der Waals surface area contributed by atoms with Crippen LogP contribution in [0.4, 0.5) is 0 Å². The molecular weight excluding hydrogens is 392 g/mol. The highest BCUT2D eigenvalue weighted by Gasteiger charge is 2.33. The van der Waals surface area contributed by atoms with Crippen LogP contribution in [0.5, 0.6) is 0 Å². The highest BCUT2D eigenvalue weighted by atomic mass is 79.9. The fraction of sp³-hybridized carbons (Fsp3) is 0.385. The zero-order valence-corrected chi connectivity index (χ0v) is 14.2. The van der Waals surface area contributed by atoms with Gasteiger partial charge < -0.3 is 10.6 Å². The summed E-state index contributed by atoms with van der Waals surface area (Å²) in [6.45, 7) is 0.595. The van der Waals surface area contributed by atoms with Crippen molar-refractivity contribution in [1.29, 1.82) is 0 Å². The third-order valence-electron chi connectivity index (χ3n) is 3.01. The summed E-state index contributed by atoms with van der Waals surface area (Å²) in [5.41, 5.74) is 6.20. The number of amides is 1. The Kier molecular flexibility index (Phi) is 4.97. The summed E-state index contributed by atoms with van der Waals surface area (Å²) in [6.07, 6.45) is 2.70. The Bertz CT molecular complexity index is 517. The number of benzene rings is 1. The number of hydrogen-bond acceptors (Lipinski definition) is 2. The summed E-state index contributed by atoms with van der Waals surface area (Å²) < 4.78 is 1.70. The van der Waals surface area contributed by atoms with Crippen molar-refractivity contribution >= 4 is 55.0 Å². The Balaban J connectivity index is 2.18. The number of halogens is 2. The molecule has 1 aliphatic rings. The molecule has 1 fully saturated rings. The van der Waals surface area contributed by atoms with Gasteiger partial charge in [-0.2, -0.15) is 0 Å². The van der Waals surface area contributed by atoms with Crippen molar-refractivity contribution in [2.45, 2.75) is 25.3 Å². The molecule has 1 saturated carbocycles. The van der Waals surface area contributed by atoms with Crippen LogP contribution in [-0.2, 0) is 0 Å². The number of carbonyl (C=O) groups is 1. The molecule has 102 valence electrons. The van der Waals surface area contributed by atoms with Gasteiger partial charge in [-0.25, -0.2) is 0 Å². The lowest BCUT2D eigenvalue weighted by atomic mass is 10.2. The molecule has 0 atom stereocenters. The van der Waals surface area contributed by atoms with Gasteiger partial charge in [-0.1, -0.05) is 28.1 Å². The van der Waals surface area contributed by atoms with E-state index in [9.17, 15) is 4.79 Å². The van der Waals surface area contributed by atoms with Crippen LogP contribution in [0.15, 0.2) is 27.1 Å². The Labute approximate surface area is 134 Å². The van der Waals surface area contributed by atoms with E-state index in [2.05, 4.69) is 31.9 Å². The number of hydrogen-bond donors (Lipinski definition) is 1. The van der Waals surface area contributed by atoms with Crippen LogP contribution in [-0.4, -0.2) is 28.4 Å². The van der Waals surface area contributed by atoms with Crippen molar-refractivity contribution in [2.75, 3.05) is 6.54 Å². The van der Waals surface area contributed by atoms with Crippen molar-refractivity contribution in [3.63, 3.8) is 0 Å². The Morgan fingerprint density at radius 3 is 2.68 bits per heavy atom. The number of rotatable bonds is 5. The lowest BCUT2D eigenvalue weighted by molar-refractivity contribution is 0.0747. The first-order valence-electron chi connectivity index (χ1n) is 6.03. The average molecular weight is 406 g/mol. The lowest BCUT2D eigenvalue weighted by Gasteiger charge is -2.23. The quantitative estimate of drug-likeness (QED) is 0.762. The molecule has 1 aromatic rings. The van der Waals surface area contributed by atoms with E-state index in [1.54, 1.807) is 0 Å². The van der Waals surface area contributed by atoms with Gasteiger partial charge in [0.25, 0.3) is 5.91 Å². The van der Waals surface area contributed by atoms with E-state index < -0.39 is 0 Å². The third-order valence-corrected chi connectivity index (χ3v) is 4.40. The van der Waals surface area contributed by atoms with Crippen LogP contribution in [0.1, 0.15) is 29.6 Å². The fourth-order valence-electron chi connectivity index (χ4n) is 1.88. The summed E-state index contributed by atoms with van der Waals surface area (Å²) >= 11 is 11.7. The second-order valence-corrected chi connectivity index (χ2v) is 6.86. The molecule has 1 amide bonds. The highest BCUT2D eigenvalue weighted by molar-refractivity contribution is 9.11. The second-order valence-electron chi connectivity index (χ2n) is 4.57. The van der Waals surface area contributed by atoms with E-state index in [1.165, 1.54) is 0 Å². The molecule has 2 N–H and O–H groups in total. The fourth-order valence-corrected chi connectivity index (χ4v) is 2.75. The van der Waals surface area contributed by atoms with Gasteiger partial charge in [0, 0.05) is 28.0 Å². The molecule has 1 aliphatic carbocycles. The van der Waals surface area contributed by atoms with Gasteiger partial charge in [0.05, 0.1) is 10.6 Å². The monoisotopic (exact) mass is 404 g/mol. The zero-order chi connectivity index (χ0) is 14.0.